The minimum atomic E-state index is -0.554. The number of nitrogens with two attached hydrogens (primary N) is 1. The van der Waals surface area contributed by atoms with E-state index in [4.69, 9.17) is 5.73 Å². The molecular weight excluding hydrogens is 224 g/mol. The monoisotopic (exact) mass is 248 g/mol. The molecule has 2 rings (SSSR count). The van der Waals surface area contributed by atoms with E-state index in [9.17, 15) is 5.11 Å². The number of rotatable bonds is 5. The van der Waals surface area contributed by atoms with Crippen molar-refractivity contribution in [2.24, 2.45) is 11.7 Å². The van der Waals surface area contributed by atoms with E-state index in [2.05, 4.69) is 11.4 Å². The normalized spacial score (nSPS) is 18.6. The van der Waals surface area contributed by atoms with Gasteiger partial charge in [0.25, 0.3) is 0 Å². The Balaban J connectivity index is 1.88. The number of hydrogen-bond donors (Lipinski definition) is 3. The average molecular weight is 248 g/mol. The molecule has 1 aromatic carbocycles. The fourth-order valence-electron chi connectivity index (χ4n) is 2.65. The molecule has 0 bridgehead atoms. The van der Waals surface area contributed by atoms with Crippen LogP contribution in [-0.2, 0) is 0 Å². The Morgan fingerprint density at radius 1 is 1.28 bits per heavy atom. The van der Waals surface area contributed by atoms with Crippen LogP contribution >= 0.6 is 0 Å². The highest BCUT2D eigenvalue weighted by Gasteiger charge is 2.13. The average Bonchev–Trinajstić information content (AvgIpc) is 2.45. The molecule has 0 spiro atoms. The molecule has 0 amide bonds. The zero-order chi connectivity index (χ0) is 12.8. The third kappa shape index (κ3) is 3.72. The SMILES string of the molecule is NCC(O)c1cccc(NCC2CCCCC2)c1. The molecule has 0 aliphatic heterocycles. The van der Waals surface area contributed by atoms with E-state index in [1.807, 2.05) is 18.2 Å². The van der Waals surface area contributed by atoms with Crippen molar-refractivity contribution in [1.82, 2.24) is 0 Å². The zero-order valence-electron chi connectivity index (χ0n) is 10.9. The highest BCUT2D eigenvalue weighted by atomic mass is 16.3. The summed E-state index contributed by atoms with van der Waals surface area (Å²) in [5.74, 6) is 0.807. The second-order valence-electron chi connectivity index (χ2n) is 5.26. The number of benzene rings is 1. The van der Waals surface area contributed by atoms with Gasteiger partial charge in [0.15, 0.2) is 0 Å². The molecule has 1 saturated carbocycles. The first-order valence-corrected chi connectivity index (χ1v) is 7.01. The van der Waals surface area contributed by atoms with Crippen LogP contribution < -0.4 is 11.1 Å². The van der Waals surface area contributed by atoms with Gasteiger partial charge in [0, 0.05) is 18.8 Å². The Labute approximate surface area is 109 Å². The lowest BCUT2D eigenvalue weighted by atomic mass is 9.89. The summed E-state index contributed by atoms with van der Waals surface area (Å²) in [4.78, 5) is 0. The Morgan fingerprint density at radius 3 is 2.78 bits per heavy atom. The molecule has 1 aromatic rings. The van der Waals surface area contributed by atoms with Crippen molar-refractivity contribution >= 4 is 5.69 Å². The van der Waals surface area contributed by atoms with Gasteiger partial charge in [-0.1, -0.05) is 31.4 Å². The van der Waals surface area contributed by atoms with E-state index in [1.165, 1.54) is 32.1 Å². The topological polar surface area (TPSA) is 58.3 Å². The van der Waals surface area contributed by atoms with Gasteiger partial charge in [-0.2, -0.15) is 0 Å². The number of anilines is 1. The second-order valence-corrected chi connectivity index (χ2v) is 5.26. The molecule has 1 unspecified atom stereocenters. The van der Waals surface area contributed by atoms with Crippen LogP contribution in [0.3, 0.4) is 0 Å². The van der Waals surface area contributed by atoms with Crippen molar-refractivity contribution in [3.05, 3.63) is 29.8 Å². The van der Waals surface area contributed by atoms with Gasteiger partial charge in [0.05, 0.1) is 6.10 Å². The van der Waals surface area contributed by atoms with Crippen molar-refractivity contribution in [1.29, 1.82) is 0 Å². The summed E-state index contributed by atoms with van der Waals surface area (Å²) in [6.07, 6.45) is 6.28. The van der Waals surface area contributed by atoms with Crippen molar-refractivity contribution in [2.45, 2.75) is 38.2 Å². The molecule has 4 N–H and O–H groups in total. The number of hydrogen-bond acceptors (Lipinski definition) is 3. The van der Waals surface area contributed by atoms with Gasteiger partial charge in [-0.15, -0.1) is 0 Å². The van der Waals surface area contributed by atoms with Crippen LogP contribution in [-0.4, -0.2) is 18.2 Å². The summed E-state index contributed by atoms with van der Waals surface area (Å²) in [5.41, 5.74) is 7.46. The Hall–Kier alpha value is -1.06. The fourth-order valence-corrected chi connectivity index (χ4v) is 2.65. The van der Waals surface area contributed by atoms with Gasteiger partial charge in [0.2, 0.25) is 0 Å². The molecule has 3 heteroatoms. The van der Waals surface area contributed by atoms with Crippen molar-refractivity contribution < 1.29 is 5.11 Å². The first-order chi connectivity index (χ1) is 8.79. The van der Waals surface area contributed by atoms with E-state index >= 15 is 0 Å². The number of nitrogens with one attached hydrogen (secondary N) is 1. The van der Waals surface area contributed by atoms with E-state index in [0.29, 0.717) is 0 Å². The molecular formula is C15H24N2O. The van der Waals surface area contributed by atoms with E-state index in [-0.39, 0.29) is 6.54 Å². The Morgan fingerprint density at radius 2 is 2.06 bits per heavy atom. The summed E-state index contributed by atoms with van der Waals surface area (Å²) in [6.45, 7) is 1.31. The minimum Gasteiger partial charge on any atom is -0.387 e. The fraction of sp³-hybridized carbons (Fsp3) is 0.600. The molecule has 1 fully saturated rings. The first kappa shape index (κ1) is 13.4. The lowest BCUT2D eigenvalue weighted by Gasteiger charge is -2.22. The van der Waals surface area contributed by atoms with Gasteiger partial charge >= 0.3 is 0 Å². The quantitative estimate of drug-likeness (QED) is 0.751. The van der Waals surface area contributed by atoms with Crippen LogP contribution in [0.1, 0.15) is 43.8 Å². The van der Waals surface area contributed by atoms with Crippen LogP contribution in [0.15, 0.2) is 24.3 Å². The van der Waals surface area contributed by atoms with Gasteiger partial charge in [-0.3, -0.25) is 0 Å². The summed E-state index contributed by atoms with van der Waals surface area (Å²) in [7, 11) is 0. The highest BCUT2D eigenvalue weighted by Crippen LogP contribution is 2.24. The molecule has 1 atom stereocenters. The molecule has 1 aliphatic rings. The lowest BCUT2D eigenvalue weighted by Crippen LogP contribution is -2.17. The first-order valence-electron chi connectivity index (χ1n) is 7.01. The molecule has 18 heavy (non-hydrogen) atoms. The molecule has 0 aromatic heterocycles. The van der Waals surface area contributed by atoms with E-state index in [1.54, 1.807) is 0 Å². The van der Waals surface area contributed by atoms with Crippen LogP contribution in [0.25, 0.3) is 0 Å². The summed E-state index contributed by atoms with van der Waals surface area (Å²) < 4.78 is 0. The van der Waals surface area contributed by atoms with Gasteiger partial charge in [-0.25, -0.2) is 0 Å². The van der Waals surface area contributed by atoms with Crippen LogP contribution in [0.5, 0.6) is 0 Å². The maximum Gasteiger partial charge on any atom is 0.0912 e. The van der Waals surface area contributed by atoms with Gasteiger partial charge in [0.1, 0.15) is 0 Å². The highest BCUT2D eigenvalue weighted by molar-refractivity contribution is 5.46. The van der Waals surface area contributed by atoms with Gasteiger partial charge in [-0.05, 0) is 36.5 Å². The molecule has 100 valence electrons. The van der Waals surface area contributed by atoms with Crippen LogP contribution in [0, 0.1) is 5.92 Å². The Kier molecular flexibility index (Phi) is 5.02. The van der Waals surface area contributed by atoms with Crippen molar-refractivity contribution in [2.75, 3.05) is 18.4 Å². The van der Waals surface area contributed by atoms with Crippen LogP contribution in [0.4, 0.5) is 5.69 Å². The predicted octanol–water partition coefficient (Wildman–Crippen LogP) is 2.67. The maximum absolute atomic E-state index is 9.72. The Bertz CT molecular complexity index is 361. The molecule has 0 radical (unpaired) electrons. The lowest BCUT2D eigenvalue weighted by molar-refractivity contribution is 0.187. The van der Waals surface area contributed by atoms with Crippen molar-refractivity contribution in [3.63, 3.8) is 0 Å². The van der Waals surface area contributed by atoms with Crippen LogP contribution in [0.2, 0.25) is 0 Å². The van der Waals surface area contributed by atoms with Crippen molar-refractivity contribution in [3.8, 4) is 0 Å². The summed E-state index contributed by atoms with van der Waals surface area (Å²) in [6, 6.07) is 7.94. The summed E-state index contributed by atoms with van der Waals surface area (Å²) in [5, 5.41) is 13.2. The largest absolute Gasteiger partial charge is 0.387 e. The third-order valence-corrected chi connectivity index (χ3v) is 3.81. The predicted molar refractivity (Wildman–Crippen MR) is 75.5 cm³/mol. The maximum atomic E-state index is 9.72. The second kappa shape index (κ2) is 6.76. The smallest absolute Gasteiger partial charge is 0.0912 e. The molecule has 0 saturated heterocycles. The van der Waals surface area contributed by atoms with Gasteiger partial charge < -0.3 is 16.2 Å². The summed E-state index contributed by atoms with van der Waals surface area (Å²) >= 11 is 0. The van der Waals surface area contributed by atoms with E-state index < -0.39 is 6.10 Å². The van der Waals surface area contributed by atoms with E-state index in [0.717, 1.165) is 23.7 Å². The molecule has 0 heterocycles. The molecule has 1 aliphatic carbocycles. The number of aliphatic hydroxyl groups excluding tert-OH is 1. The third-order valence-electron chi connectivity index (χ3n) is 3.81. The minimum absolute atomic E-state index is 0.270. The standard InChI is InChI=1S/C15H24N2O/c16-10-15(18)13-7-4-8-14(9-13)17-11-12-5-2-1-3-6-12/h4,7-9,12,15,17-18H,1-3,5-6,10-11,16H2. The number of aliphatic hydroxyl groups is 1. The molecule has 3 nitrogen and oxygen atoms in total. The zero-order valence-corrected chi connectivity index (χ0v) is 10.9.